The largest absolute Gasteiger partial charge is 0.238 e. The lowest BCUT2D eigenvalue weighted by Crippen LogP contribution is -2.00. The Hall–Kier alpha value is -1.57. The number of hydrogen-bond donors (Lipinski definition) is 0. The molecule has 0 aliphatic heterocycles. The molecule has 0 bridgehead atoms. The zero-order valence-corrected chi connectivity index (χ0v) is 10.1. The molecule has 0 N–H and O–H groups in total. The number of benzene rings is 1. The Kier molecular flexibility index (Phi) is 3.09. The van der Waals surface area contributed by atoms with E-state index in [1.165, 1.54) is 11.3 Å². The fraction of sp³-hybridized carbons (Fsp3) is 0.357. The van der Waals surface area contributed by atoms with E-state index in [4.69, 9.17) is 0 Å². The van der Waals surface area contributed by atoms with E-state index < -0.39 is 0 Å². The Morgan fingerprint density at radius 2 is 1.94 bits per heavy atom. The molecule has 1 aromatic carbocycles. The van der Waals surface area contributed by atoms with Gasteiger partial charge in [-0.05, 0) is 37.0 Å². The molecule has 0 fully saturated rings. The second-order valence-electron chi connectivity index (χ2n) is 4.24. The molecule has 1 aromatic heterocycles. The maximum absolute atomic E-state index is 4.47. The Morgan fingerprint density at radius 3 is 2.56 bits per heavy atom. The van der Waals surface area contributed by atoms with Crippen molar-refractivity contribution in [2.45, 2.75) is 33.1 Å². The number of hydrogen-bond acceptors (Lipinski definition) is 1. The van der Waals surface area contributed by atoms with Crippen LogP contribution in [0, 0.1) is 6.92 Å². The number of nitrogens with zero attached hydrogens (tertiary/aromatic N) is 2. The standard InChI is InChI=1S/C14H18N2/c1-4-11(2)14-10-15-16(12(14)3)13-8-6-5-7-9-13/h5-11H,4H2,1-3H3. The predicted octanol–water partition coefficient (Wildman–Crippen LogP) is 3.69. The van der Waals surface area contributed by atoms with Crippen molar-refractivity contribution >= 4 is 0 Å². The van der Waals surface area contributed by atoms with Gasteiger partial charge in [0.05, 0.1) is 11.9 Å². The molecule has 0 aliphatic carbocycles. The van der Waals surface area contributed by atoms with Crippen LogP contribution in [-0.2, 0) is 0 Å². The molecule has 2 aromatic rings. The first-order valence-electron chi connectivity index (χ1n) is 5.84. The van der Waals surface area contributed by atoms with E-state index in [1.807, 2.05) is 29.1 Å². The first kappa shape index (κ1) is 10.9. The van der Waals surface area contributed by atoms with Crippen molar-refractivity contribution in [1.29, 1.82) is 0 Å². The maximum atomic E-state index is 4.47. The lowest BCUT2D eigenvalue weighted by Gasteiger charge is -2.09. The highest BCUT2D eigenvalue weighted by atomic mass is 15.3. The van der Waals surface area contributed by atoms with Crippen molar-refractivity contribution in [2.75, 3.05) is 0 Å². The zero-order chi connectivity index (χ0) is 11.5. The minimum absolute atomic E-state index is 0.581. The number of para-hydroxylation sites is 1. The van der Waals surface area contributed by atoms with Crippen LogP contribution in [0.15, 0.2) is 36.5 Å². The summed E-state index contributed by atoms with van der Waals surface area (Å²) in [7, 11) is 0. The molecule has 1 unspecified atom stereocenters. The highest BCUT2D eigenvalue weighted by Crippen LogP contribution is 2.23. The summed E-state index contributed by atoms with van der Waals surface area (Å²) in [5.41, 5.74) is 3.74. The van der Waals surface area contributed by atoms with Crippen molar-refractivity contribution in [3.05, 3.63) is 47.8 Å². The normalized spacial score (nSPS) is 12.7. The average Bonchev–Trinajstić information content (AvgIpc) is 2.71. The van der Waals surface area contributed by atoms with Gasteiger partial charge in [-0.2, -0.15) is 5.10 Å². The van der Waals surface area contributed by atoms with Crippen LogP contribution in [0.1, 0.15) is 37.4 Å². The SMILES string of the molecule is CCC(C)c1cnn(-c2ccccc2)c1C. The lowest BCUT2D eigenvalue weighted by atomic mass is 10.00. The summed E-state index contributed by atoms with van der Waals surface area (Å²) in [5.74, 6) is 0.581. The van der Waals surface area contributed by atoms with Gasteiger partial charge in [-0.1, -0.05) is 32.0 Å². The third-order valence-corrected chi connectivity index (χ3v) is 3.19. The third-order valence-electron chi connectivity index (χ3n) is 3.19. The van der Waals surface area contributed by atoms with E-state index in [0.29, 0.717) is 5.92 Å². The molecule has 0 amide bonds. The zero-order valence-electron chi connectivity index (χ0n) is 10.1. The first-order chi connectivity index (χ1) is 7.74. The molecule has 1 heterocycles. The molecule has 0 saturated carbocycles. The summed E-state index contributed by atoms with van der Waals surface area (Å²) in [5, 5.41) is 4.47. The summed E-state index contributed by atoms with van der Waals surface area (Å²) in [4.78, 5) is 0. The van der Waals surface area contributed by atoms with Gasteiger partial charge in [0.1, 0.15) is 0 Å². The van der Waals surface area contributed by atoms with Crippen LogP contribution in [-0.4, -0.2) is 9.78 Å². The predicted molar refractivity (Wildman–Crippen MR) is 67.0 cm³/mol. The van der Waals surface area contributed by atoms with E-state index >= 15 is 0 Å². The van der Waals surface area contributed by atoms with Crippen LogP contribution in [0.3, 0.4) is 0 Å². The van der Waals surface area contributed by atoms with Gasteiger partial charge in [-0.3, -0.25) is 0 Å². The van der Waals surface area contributed by atoms with E-state index in [-0.39, 0.29) is 0 Å². The van der Waals surface area contributed by atoms with Gasteiger partial charge in [0.25, 0.3) is 0 Å². The van der Waals surface area contributed by atoms with Crippen LogP contribution in [0.2, 0.25) is 0 Å². The highest BCUT2D eigenvalue weighted by molar-refractivity contribution is 5.35. The smallest absolute Gasteiger partial charge is 0.0648 e. The molecule has 1 atom stereocenters. The third kappa shape index (κ3) is 1.87. The highest BCUT2D eigenvalue weighted by Gasteiger charge is 2.12. The van der Waals surface area contributed by atoms with Crippen molar-refractivity contribution < 1.29 is 0 Å². The van der Waals surface area contributed by atoms with Gasteiger partial charge in [0.15, 0.2) is 0 Å². The van der Waals surface area contributed by atoms with Crippen molar-refractivity contribution in [3.8, 4) is 5.69 Å². The van der Waals surface area contributed by atoms with Crippen molar-refractivity contribution in [3.63, 3.8) is 0 Å². The maximum Gasteiger partial charge on any atom is 0.0648 e. The molecule has 0 aliphatic rings. The molecule has 2 rings (SSSR count). The van der Waals surface area contributed by atoms with Crippen LogP contribution >= 0.6 is 0 Å². The molecule has 84 valence electrons. The van der Waals surface area contributed by atoms with Gasteiger partial charge >= 0.3 is 0 Å². The molecular weight excluding hydrogens is 196 g/mol. The van der Waals surface area contributed by atoms with Crippen molar-refractivity contribution in [2.24, 2.45) is 0 Å². The number of aromatic nitrogens is 2. The van der Waals surface area contributed by atoms with E-state index in [1.54, 1.807) is 0 Å². The average molecular weight is 214 g/mol. The molecule has 2 nitrogen and oxygen atoms in total. The van der Waals surface area contributed by atoms with Crippen LogP contribution in [0.5, 0.6) is 0 Å². The van der Waals surface area contributed by atoms with E-state index in [2.05, 4.69) is 38.0 Å². The first-order valence-corrected chi connectivity index (χ1v) is 5.84. The van der Waals surface area contributed by atoms with Gasteiger partial charge in [-0.25, -0.2) is 4.68 Å². The summed E-state index contributed by atoms with van der Waals surface area (Å²) in [6, 6.07) is 10.3. The molecule has 2 heteroatoms. The minimum Gasteiger partial charge on any atom is -0.238 e. The molecule has 0 radical (unpaired) electrons. The molecule has 0 spiro atoms. The lowest BCUT2D eigenvalue weighted by molar-refractivity contribution is 0.725. The fourth-order valence-electron chi connectivity index (χ4n) is 1.96. The Morgan fingerprint density at radius 1 is 1.25 bits per heavy atom. The van der Waals surface area contributed by atoms with Gasteiger partial charge in [-0.15, -0.1) is 0 Å². The molecule has 16 heavy (non-hydrogen) atoms. The topological polar surface area (TPSA) is 17.8 Å². The second-order valence-corrected chi connectivity index (χ2v) is 4.24. The van der Waals surface area contributed by atoms with E-state index in [0.717, 1.165) is 12.1 Å². The summed E-state index contributed by atoms with van der Waals surface area (Å²) < 4.78 is 2.02. The molecular formula is C14H18N2. The second kappa shape index (κ2) is 4.52. The van der Waals surface area contributed by atoms with Crippen LogP contribution < -0.4 is 0 Å². The van der Waals surface area contributed by atoms with Crippen LogP contribution in [0.25, 0.3) is 5.69 Å². The summed E-state index contributed by atoms with van der Waals surface area (Å²) >= 11 is 0. The van der Waals surface area contributed by atoms with Crippen molar-refractivity contribution in [1.82, 2.24) is 9.78 Å². The Labute approximate surface area is 96.9 Å². The summed E-state index contributed by atoms with van der Waals surface area (Å²) in [6.45, 7) is 6.60. The Balaban J connectivity index is 2.41. The Bertz CT molecular complexity index is 457. The van der Waals surface area contributed by atoms with Gasteiger partial charge in [0, 0.05) is 5.69 Å². The minimum atomic E-state index is 0.581. The summed E-state index contributed by atoms with van der Waals surface area (Å²) in [6.07, 6.45) is 3.15. The number of rotatable bonds is 3. The van der Waals surface area contributed by atoms with Gasteiger partial charge < -0.3 is 0 Å². The van der Waals surface area contributed by atoms with E-state index in [9.17, 15) is 0 Å². The van der Waals surface area contributed by atoms with Crippen LogP contribution in [0.4, 0.5) is 0 Å². The fourth-order valence-corrected chi connectivity index (χ4v) is 1.96. The van der Waals surface area contributed by atoms with Gasteiger partial charge in [0.2, 0.25) is 0 Å². The monoisotopic (exact) mass is 214 g/mol. The molecule has 0 saturated heterocycles. The quantitative estimate of drug-likeness (QED) is 0.761.